The molecule has 22 heavy (non-hydrogen) atoms. The molecule has 0 aliphatic heterocycles. The van der Waals surface area contributed by atoms with Crippen LogP contribution in [-0.2, 0) is 0 Å². The molecule has 0 aliphatic rings. The molecule has 0 bridgehead atoms. The number of carbonyl (C=O) groups excluding carboxylic acids is 1. The number of anilines is 2. The lowest BCUT2D eigenvalue weighted by atomic mass is 10.1. The maximum absolute atomic E-state index is 12.3. The summed E-state index contributed by atoms with van der Waals surface area (Å²) in [5, 5.41) is 3.35. The first-order chi connectivity index (χ1) is 10.6. The summed E-state index contributed by atoms with van der Waals surface area (Å²) in [4.78, 5) is 16.7. The topological polar surface area (TPSA) is 77.2 Å². The van der Waals surface area contributed by atoms with Gasteiger partial charge in [-0.2, -0.15) is 0 Å². The van der Waals surface area contributed by atoms with Gasteiger partial charge in [-0.25, -0.2) is 4.98 Å². The van der Waals surface area contributed by atoms with E-state index in [1.807, 2.05) is 25.1 Å². The number of benzene rings is 2. The molecular formula is C16H15N3O2S. The standard InChI is InChI=1S/C16H15N3O2S/c1-9-3-6-13-14(7-9)22-16(18-13)19-15(20)11-5-4-10(21-2)8-12(11)17/h3-8H,17H2,1-2H3,(H,18,19,20). The number of thiazole rings is 1. The second-order valence-corrected chi connectivity index (χ2v) is 5.93. The summed E-state index contributed by atoms with van der Waals surface area (Å²) < 4.78 is 6.12. The number of hydrogen-bond acceptors (Lipinski definition) is 5. The van der Waals surface area contributed by atoms with E-state index in [2.05, 4.69) is 10.3 Å². The summed E-state index contributed by atoms with van der Waals surface area (Å²) in [6.45, 7) is 2.02. The lowest BCUT2D eigenvalue weighted by molar-refractivity contribution is 0.102. The SMILES string of the molecule is COc1ccc(C(=O)Nc2nc3ccc(C)cc3s2)c(N)c1. The van der Waals surface area contributed by atoms with E-state index in [9.17, 15) is 4.79 Å². The minimum absolute atomic E-state index is 0.282. The van der Waals surface area contributed by atoms with E-state index < -0.39 is 0 Å². The molecule has 0 aliphatic carbocycles. The van der Waals surface area contributed by atoms with Crippen molar-refractivity contribution in [3.63, 3.8) is 0 Å². The Hall–Kier alpha value is -2.60. The minimum Gasteiger partial charge on any atom is -0.497 e. The smallest absolute Gasteiger partial charge is 0.259 e. The molecule has 0 saturated carbocycles. The molecule has 0 spiro atoms. The van der Waals surface area contributed by atoms with Gasteiger partial charge in [0.2, 0.25) is 0 Å². The first kappa shape index (κ1) is 14.3. The molecule has 0 fully saturated rings. The summed E-state index contributed by atoms with van der Waals surface area (Å²) in [5.74, 6) is 0.334. The number of hydrogen-bond donors (Lipinski definition) is 2. The zero-order valence-electron chi connectivity index (χ0n) is 12.2. The van der Waals surface area contributed by atoms with Crippen LogP contribution in [0.1, 0.15) is 15.9 Å². The van der Waals surface area contributed by atoms with Crippen molar-refractivity contribution in [2.45, 2.75) is 6.92 Å². The van der Waals surface area contributed by atoms with Crippen molar-refractivity contribution < 1.29 is 9.53 Å². The molecule has 2 aromatic carbocycles. The third-order valence-corrected chi connectivity index (χ3v) is 4.20. The monoisotopic (exact) mass is 313 g/mol. The van der Waals surface area contributed by atoms with Crippen LogP contribution in [0.2, 0.25) is 0 Å². The Balaban J connectivity index is 1.86. The highest BCUT2D eigenvalue weighted by atomic mass is 32.1. The number of nitrogens with one attached hydrogen (secondary N) is 1. The Morgan fingerprint density at radius 3 is 2.82 bits per heavy atom. The molecule has 5 nitrogen and oxygen atoms in total. The molecule has 0 atom stereocenters. The van der Waals surface area contributed by atoms with E-state index in [0.29, 0.717) is 22.1 Å². The van der Waals surface area contributed by atoms with Crippen molar-refractivity contribution in [1.29, 1.82) is 0 Å². The lowest BCUT2D eigenvalue weighted by Gasteiger charge is -2.07. The fourth-order valence-corrected chi connectivity index (χ4v) is 3.08. The lowest BCUT2D eigenvalue weighted by Crippen LogP contribution is -2.13. The van der Waals surface area contributed by atoms with Gasteiger partial charge >= 0.3 is 0 Å². The fraction of sp³-hybridized carbons (Fsp3) is 0.125. The maximum atomic E-state index is 12.3. The average Bonchev–Trinajstić information content (AvgIpc) is 2.88. The Labute approximate surface area is 131 Å². The van der Waals surface area contributed by atoms with Gasteiger partial charge in [-0.3, -0.25) is 10.1 Å². The number of carbonyl (C=O) groups is 1. The molecule has 3 N–H and O–H groups in total. The minimum atomic E-state index is -0.282. The largest absolute Gasteiger partial charge is 0.497 e. The third kappa shape index (κ3) is 2.73. The van der Waals surface area contributed by atoms with Gasteiger partial charge < -0.3 is 10.5 Å². The van der Waals surface area contributed by atoms with E-state index >= 15 is 0 Å². The number of aromatic nitrogens is 1. The van der Waals surface area contributed by atoms with Crippen LogP contribution in [0.4, 0.5) is 10.8 Å². The number of rotatable bonds is 3. The summed E-state index contributed by atoms with van der Waals surface area (Å²) in [7, 11) is 1.55. The Kier molecular flexibility index (Phi) is 3.68. The molecule has 1 aromatic heterocycles. The molecule has 1 amide bonds. The van der Waals surface area contributed by atoms with Crippen LogP contribution in [0.15, 0.2) is 36.4 Å². The van der Waals surface area contributed by atoms with Gasteiger partial charge in [0.05, 0.1) is 22.9 Å². The predicted molar refractivity (Wildman–Crippen MR) is 89.7 cm³/mol. The number of aryl methyl sites for hydroxylation is 1. The molecular weight excluding hydrogens is 298 g/mol. The number of nitrogen functional groups attached to an aromatic ring is 1. The highest BCUT2D eigenvalue weighted by Crippen LogP contribution is 2.28. The predicted octanol–water partition coefficient (Wildman–Crippen LogP) is 3.45. The second-order valence-electron chi connectivity index (χ2n) is 4.90. The molecule has 3 rings (SSSR count). The number of nitrogens with zero attached hydrogens (tertiary/aromatic N) is 1. The van der Waals surface area contributed by atoms with Gasteiger partial charge in [-0.15, -0.1) is 0 Å². The summed E-state index contributed by atoms with van der Waals surface area (Å²) in [6.07, 6.45) is 0. The van der Waals surface area contributed by atoms with Crippen LogP contribution < -0.4 is 15.8 Å². The quantitative estimate of drug-likeness (QED) is 0.726. The third-order valence-electron chi connectivity index (χ3n) is 3.27. The van der Waals surface area contributed by atoms with Gasteiger partial charge in [0, 0.05) is 11.8 Å². The number of amides is 1. The maximum Gasteiger partial charge on any atom is 0.259 e. The Bertz CT molecular complexity index is 858. The molecule has 0 saturated heterocycles. The fourth-order valence-electron chi connectivity index (χ4n) is 2.12. The zero-order valence-corrected chi connectivity index (χ0v) is 13.0. The summed E-state index contributed by atoms with van der Waals surface area (Å²) >= 11 is 1.44. The number of nitrogens with two attached hydrogens (primary N) is 1. The van der Waals surface area contributed by atoms with Crippen LogP contribution in [0, 0.1) is 6.92 Å². The van der Waals surface area contributed by atoms with Gasteiger partial charge in [0.15, 0.2) is 5.13 Å². The number of methoxy groups -OCH3 is 1. The van der Waals surface area contributed by atoms with Crippen LogP contribution in [0.5, 0.6) is 5.75 Å². The van der Waals surface area contributed by atoms with Gasteiger partial charge in [0.25, 0.3) is 5.91 Å². The zero-order chi connectivity index (χ0) is 15.7. The van der Waals surface area contributed by atoms with E-state index in [1.165, 1.54) is 11.3 Å². The van der Waals surface area contributed by atoms with Crippen molar-refractivity contribution in [2.24, 2.45) is 0 Å². The van der Waals surface area contributed by atoms with Crippen molar-refractivity contribution in [2.75, 3.05) is 18.2 Å². The Morgan fingerprint density at radius 2 is 2.09 bits per heavy atom. The van der Waals surface area contributed by atoms with Crippen molar-refractivity contribution >= 4 is 38.3 Å². The van der Waals surface area contributed by atoms with Gasteiger partial charge in [-0.05, 0) is 36.8 Å². The van der Waals surface area contributed by atoms with E-state index in [1.54, 1.807) is 25.3 Å². The first-order valence-corrected chi connectivity index (χ1v) is 7.50. The van der Waals surface area contributed by atoms with Gasteiger partial charge in [-0.1, -0.05) is 17.4 Å². The Morgan fingerprint density at radius 1 is 1.27 bits per heavy atom. The van der Waals surface area contributed by atoms with Crippen LogP contribution in [-0.4, -0.2) is 18.0 Å². The van der Waals surface area contributed by atoms with E-state index in [-0.39, 0.29) is 5.91 Å². The first-order valence-electron chi connectivity index (χ1n) is 6.69. The average molecular weight is 313 g/mol. The number of fused-ring (bicyclic) bond motifs is 1. The molecule has 0 unspecified atom stereocenters. The molecule has 0 radical (unpaired) electrons. The molecule has 6 heteroatoms. The van der Waals surface area contributed by atoms with E-state index in [4.69, 9.17) is 10.5 Å². The summed E-state index contributed by atoms with van der Waals surface area (Å²) in [5.41, 5.74) is 8.69. The highest BCUT2D eigenvalue weighted by molar-refractivity contribution is 7.22. The molecule has 3 aromatic rings. The van der Waals surface area contributed by atoms with E-state index in [0.717, 1.165) is 15.8 Å². The highest BCUT2D eigenvalue weighted by Gasteiger charge is 2.13. The number of ether oxygens (including phenoxy) is 1. The van der Waals surface area contributed by atoms with Crippen LogP contribution in [0.3, 0.4) is 0 Å². The van der Waals surface area contributed by atoms with Crippen LogP contribution >= 0.6 is 11.3 Å². The van der Waals surface area contributed by atoms with Crippen molar-refractivity contribution in [1.82, 2.24) is 4.98 Å². The molecule has 1 heterocycles. The van der Waals surface area contributed by atoms with Crippen molar-refractivity contribution in [3.8, 4) is 5.75 Å². The van der Waals surface area contributed by atoms with Crippen LogP contribution in [0.25, 0.3) is 10.2 Å². The van der Waals surface area contributed by atoms with Crippen molar-refractivity contribution in [3.05, 3.63) is 47.5 Å². The summed E-state index contributed by atoms with van der Waals surface area (Å²) in [6, 6.07) is 10.9. The van der Waals surface area contributed by atoms with Gasteiger partial charge in [0.1, 0.15) is 5.75 Å². The second kappa shape index (κ2) is 5.65. The normalized spacial score (nSPS) is 10.6. The molecule has 112 valence electrons.